The molecule has 1 unspecified atom stereocenters. The molecular formula is C25H32N4O4S. The summed E-state index contributed by atoms with van der Waals surface area (Å²) in [5, 5.41) is 2.98. The lowest BCUT2D eigenvalue weighted by molar-refractivity contribution is 0.0937. The molecule has 1 fully saturated rings. The molecule has 1 atom stereocenters. The molecule has 34 heavy (non-hydrogen) atoms. The third-order valence-corrected chi connectivity index (χ3v) is 8.26. The largest absolute Gasteiger partial charge is 0.495 e. The Hall–Kier alpha value is -2.91. The number of sulfonamides is 1. The van der Waals surface area contributed by atoms with Crippen LogP contribution in [0.3, 0.4) is 0 Å². The topological polar surface area (TPSA) is 93.5 Å². The molecular weight excluding hydrogens is 452 g/mol. The van der Waals surface area contributed by atoms with Crippen molar-refractivity contribution >= 4 is 27.0 Å². The van der Waals surface area contributed by atoms with E-state index in [4.69, 9.17) is 9.72 Å². The smallest absolute Gasteiger partial charge is 0.251 e. The second kappa shape index (κ2) is 10.1. The zero-order valence-corrected chi connectivity index (χ0v) is 20.8. The molecule has 2 aromatic carbocycles. The number of aromatic nitrogens is 2. The molecule has 1 amide bonds. The zero-order chi connectivity index (χ0) is 24.3. The second-order valence-electron chi connectivity index (χ2n) is 8.58. The average molecular weight is 485 g/mol. The number of aryl methyl sites for hydroxylation is 1. The van der Waals surface area contributed by atoms with E-state index >= 15 is 0 Å². The van der Waals surface area contributed by atoms with Crippen LogP contribution < -0.4 is 10.1 Å². The van der Waals surface area contributed by atoms with Gasteiger partial charge in [-0.3, -0.25) is 4.79 Å². The summed E-state index contributed by atoms with van der Waals surface area (Å²) in [7, 11) is -2.34. The van der Waals surface area contributed by atoms with Gasteiger partial charge in [-0.1, -0.05) is 25.0 Å². The van der Waals surface area contributed by atoms with Crippen molar-refractivity contribution in [3.05, 3.63) is 53.9 Å². The number of hydrogen-bond donors (Lipinski definition) is 1. The van der Waals surface area contributed by atoms with Gasteiger partial charge < -0.3 is 14.6 Å². The number of benzene rings is 2. The number of amides is 1. The Balaban J connectivity index is 1.62. The maximum atomic E-state index is 13.4. The summed E-state index contributed by atoms with van der Waals surface area (Å²) in [4.78, 5) is 17.9. The van der Waals surface area contributed by atoms with E-state index in [0.29, 0.717) is 13.1 Å². The molecule has 182 valence electrons. The summed E-state index contributed by atoms with van der Waals surface area (Å²) in [6.45, 7) is 5.59. The number of nitrogens with one attached hydrogen (secondary N) is 1. The lowest BCUT2D eigenvalue weighted by atomic mass is 10.2. The van der Waals surface area contributed by atoms with Crippen molar-refractivity contribution in [3.63, 3.8) is 0 Å². The maximum absolute atomic E-state index is 13.4. The fraction of sp³-hybridized carbons (Fsp3) is 0.440. The number of fused-ring (bicyclic) bond motifs is 1. The highest BCUT2D eigenvalue weighted by Gasteiger charge is 2.29. The predicted octanol–water partition coefficient (Wildman–Crippen LogP) is 4.12. The third-order valence-electron chi connectivity index (χ3n) is 6.34. The normalized spacial score (nSPS) is 16.2. The number of nitrogens with zero attached hydrogens (tertiary/aromatic N) is 3. The van der Waals surface area contributed by atoms with E-state index in [1.165, 1.54) is 17.5 Å². The third kappa shape index (κ3) is 4.67. The monoisotopic (exact) mass is 484 g/mol. The van der Waals surface area contributed by atoms with E-state index in [1.807, 2.05) is 38.1 Å². The van der Waals surface area contributed by atoms with Gasteiger partial charge in [0.05, 0.1) is 24.2 Å². The van der Waals surface area contributed by atoms with Gasteiger partial charge in [0, 0.05) is 25.2 Å². The van der Waals surface area contributed by atoms with E-state index in [0.717, 1.165) is 49.1 Å². The van der Waals surface area contributed by atoms with Gasteiger partial charge >= 0.3 is 0 Å². The highest BCUT2D eigenvalue weighted by atomic mass is 32.2. The number of hydrogen-bond acceptors (Lipinski definition) is 5. The summed E-state index contributed by atoms with van der Waals surface area (Å²) in [5.74, 6) is 0.627. The van der Waals surface area contributed by atoms with E-state index in [1.54, 1.807) is 12.1 Å². The maximum Gasteiger partial charge on any atom is 0.251 e. The van der Waals surface area contributed by atoms with E-state index in [-0.39, 0.29) is 28.2 Å². The first-order valence-electron chi connectivity index (χ1n) is 11.8. The summed E-state index contributed by atoms with van der Waals surface area (Å²) in [6, 6.07) is 12.0. The Bertz CT molecular complexity index is 1280. The van der Waals surface area contributed by atoms with Gasteiger partial charge in [0.1, 0.15) is 16.5 Å². The van der Waals surface area contributed by atoms with Crippen LogP contribution in [-0.2, 0) is 16.6 Å². The van der Waals surface area contributed by atoms with Crippen molar-refractivity contribution in [2.45, 2.75) is 57.0 Å². The van der Waals surface area contributed by atoms with Crippen LogP contribution in [0.15, 0.2) is 47.4 Å². The molecule has 0 bridgehead atoms. The molecule has 0 saturated carbocycles. The molecule has 0 radical (unpaired) electrons. The molecule has 0 spiro atoms. The Morgan fingerprint density at radius 3 is 2.50 bits per heavy atom. The molecule has 9 heteroatoms. The van der Waals surface area contributed by atoms with Gasteiger partial charge in [-0.25, -0.2) is 13.4 Å². The summed E-state index contributed by atoms with van der Waals surface area (Å²) >= 11 is 0. The van der Waals surface area contributed by atoms with Crippen molar-refractivity contribution in [2.24, 2.45) is 0 Å². The van der Waals surface area contributed by atoms with Gasteiger partial charge in [0.15, 0.2) is 0 Å². The van der Waals surface area contributed by atoms with Crippen LogP contribution in [0.5, 0.6) is 5.75 Å². The van der Waals surface area contributed by atoms with Crippen LogP contribution in [0.25, 0.3) is 11.0 Å². The summed E-state index contributed by atoms with van der Waals surface area (Å²) in [5.41, 5.74) is 2.15. The molecule has 1 saturated heterocycles. The standard InChI is InChI=1S/C25H32N4O4S/c1-4-29-21-12-8-7-11-20(21)27-24(29)18(2)26-25(30)19-13-14-22(33-3)23(17-19)34(31,32)28-15-9-5-6-10-16-28/h7-8,11-14,17-18H,4-6,9-10,15-16H2,1-3H3,(H,26,30). The zero-order valence-electron chi connectivity index (χ0n) is 20.0. The molecule has 1 aliphatic rings. The average Bonchev–Trinajstić information content (AvgIpc) is 3.00. The Morgan fingerprint density at radius 1 is 1.12 bits per heavy atom. The van der Waals surface area contributed by atoms with Crippen LogP contribution in [0.4, 0.5) is 0 Å². The van der Waals surface area contributed by atoms with Crippen molar-refractivity contribution in [1.82, 2.24) is 19.2 Å². The number of carbonyl (C=O) groups excluding carboxylic acids is 1. The molecule has 1 aromatic heterocycles. The predicted molar refractivity (Wildman–Crippen MR) is 132 cm³/mol. The Kier molecular flexibility index (Phi) is 7.23. The van der Waals surface area contributed by atoms with Crippen molar-refractivity contribution in [1.29, 1.82) is 0 Å². The molecule has 0 aliphatic carbocycles. The molecule has 4 rings (SSSR count). The number of para-hydroxylation sites is 2. The highest BCUT2D eigenvalue weighted by Crippen LogP contribution is 2.30. The summed E-state index contributed by atoms with van der Waals surface area (Å²) < 4.78 is 35.8. The van der Waals surface area contributed by atoms with Gasteiger partial charge in [0.2, 0.25) is 10.0 Å². The summed E-state index contributed by atoms with van der Waals surface area (Å²) in [6.07, 6.45) is 3.70. The first-order chi connectivity index (χ1) is 16.4. The SMILES string of the molecule is CCn1c(C(C)NC(=O)c2ccc(OC)c(S(=O)(=O)N3CCCCCC3)c2)nc2ccccc21. The van der Waals surface area contributed by atoms with Gasteiger partial charge in [-0.05, 0) is 57.0 Å². The fourth-order valence-electron chi connectivity index (χ4n) is 4.54. The first-order valence-corrected chi connectivity index (χ1v) is 13.2. The van der Waals surface area contributed by atoms with Gasteiger partial charge in [-0.15, -0.1) is 0 Å². The van der Waals surface area contributed by atoms with Crippen LogP contribution in [-0.4, -0.2) is 48.4 Å². The number of imidazole rings is 1. The number of ether oxygens (including phenoxy) is 1. The van der Waals surface area contributed by atoms with Gasteiger partial charge in [-0.2, -0.15) is 4.31 Å². The highest BCUT2D eigenvalue weighted by molar-refractivity contribution is 7.89. The lowest BCUT2D eigenvalue weighted by Crippen LogP contribution is -2.33. The van der Waals surface area contributed by atoms with Crippen LogP contribution >= 0.6 is 0 Å². The van der Waals surface area contributed by atoms with Crippen LogP contribution in [0.1, 0.15) is 61.8 Å². The number of methoxy groups -OCH3 is 1. The van der Waals surface area contributed by atoms with Crippen molar-refractivity contribution < 1.29 is 17.9 Å². The van der Waals surface area contributed by atoms with E-state index < -0.39 is 10.0 Å². The molecule has 1 aliphatic heterocycles. The van der Waals surface area contributed by atoms with Gasteiger partial charge in [0.25, 0.3) is 5.91 Å². The fourth-order valence-corrected chi connectivity index (χ4v) is 6.24. The minimum Gasteiger partial charge on any atom is -0.495 e. The van der Waals surface area contributed by atoms with E-state index in [2.05, 4.69) is 9.88 Å². The minimum absolute atomic E-state index is 0.0259. The Labute approximate surface area is 201 Å². The first kappa shape index (κ1) is 24.2. The molecule has 1 N–H and O–H groups in total. The quantitative estimate of drug-likeness (QED) is 0.544. The molecule has 3 aromatic rings. The van der Waals surface area contributed by atoms with E-state index in [9.17, 15) is 13.2 Å². The van der Waals surface area contributed by atoms with Crippen LogP contribution in [0.2, 0.25) is 0 Å². The van der Waals surface area contributed by atoms with Crippen molar-refractivity contribution in [2.75, 3.05) is 20.2 Å². The molecule has 2 heterocycles. The van der Waals surface area contributed by atoms with Crippen LogP contribution in [0, 0.1) is 0 Å². The second-order valence-corrected chi connectivity index (χ2v) is 10.5. The minimum atomic E-state index is -3.78. The lowest BCUT2D eigenvalue weighted by Gasteiger charge is -2.22. The number of carbonyl (C=O) groups is 1. The molecule has 8 nitrogen and oxygen atoms in total. The van der Waals surface area contributed by atoms with Crippen molar-refractivity contribution in [3.8, 4) is 5.75 Å². The Morgan fingerprint density at radius 2 is 1.82 bits per heavy atom. The number of rotatable bonds is 7.